The van der Waals surface area contributed by atoms with E-state index in [1.807, 2.05) is 23.6 Å². The number of esters is 1. The van der Waals surface area contributed by atoms with Gasteiger partial charge in [0.1, 0.15) is 6.04 Å². The second-order valence-electron chi connectivity index (χ2n) is 8.02. The van der Waals surface area contributed by atoms with E-state index in [0.29, 0.717) is 26.6 Å². The van der Waals surface area contributed by atoms with Crippen molar-refractivity contribution >= 4 is 34.7 Å². The van der Waals surface area contributed by atoms with Gasteiger partial charge in [0.15, 0.2) is 4.80 Å². The Morgan fingerprint density at radius 1 is 1.26 bits per heavy atom. The molecule has 1 saturated carbocycles. The molecule has 3 aromatic rings. The van der Waals surface area contributed by atoms with Crippen LogP contribution in [0.3, 0.4) is 0 Å². The summed E-state index contributed by atoms with van der Waals surface area (Å²) in [6.45, 7) is 6.03. The molecule has 0 saturated heterocycles. The van der Waals surface area contributed by atoms with E-state index in [2.05, 4.69) is 29.5 Å². The minimum absolute atomic E-state index is 0.132. The third-order valence-electron chi connectivity index (χ3n) is 5.96. The molecule has 0 amide bonds. The summed E-state index contributed by atoms with van der Waals surface area (Å²) in [6, 6.07) is 6.08. The fraction of sp³-hybridized carbons (Fsp3) is 0.348. The Morgan fingerprint density at radius 3 is 2.68 bits per heavy atom. The molecule has 1 atom stereocenters. The fourth-order valence-electron chi connectivity index (χ4n) is 4.39. The maximum absolute atomic E-state index is 13.5. The van der Waals surface area contributed by atoms with Crippen LogP contribution in [0.5, 0.6) is 0 Å². The van der Waals surface area contributed by atoms with Gasteiger partial charge < -0.3 is 9.30 Å². The minimum atomic E-state index is -0.523. The number of thiazole rings is 1. The summed E-state index contributed by atoms with van der Waals surface area (Å²) in [5.74, 6) is -0.457. The first-order valence-corrected chi connectivity index (χ1v) is 11.9. The molecule has 0 N–H and O–H groups in total. The Hall–Kier alpha value is -2.71. The number of rotatable bonds is 4. The quantitative estimate of drug-likeness (QED) is 0.570. The highest BCUT2D eigenvalue weighted by Crippen LogP contribution is 2.38. The predicted octanol–water partition coefficient (Wildman–Crippen LogP) is 3.22. The maximum Gasteiger partial charge on any atom is 0.338 e. The van der Waals surface area contributed by atoms with Gasteiger partial charge in [-0.3, -0.25) is 9.36 Å². The van der Waals surface area contributed by atoms with Crippen molar-refractivity contribution in [2.45, 2.75) is 45.7 Å². The van der Waals surface area contributed by atoms with Gasteiger partial charge in [0.25, 0.3) is 5.56 Å². The number of allylic oxidation sites excluding steroid dienone is 1. The molecule has 0 radical (unpaired) electrons. The second kappa shape index (κ2) is 7.46. The average molecular weight is 454 g/mol. The van der Waals surface area contributed by atoms with E-state index in [-0.39, 0.29) is 5.56 Å². The number of hydrogen-bond donors (Lipinski definition) is 0. The molecule has 0 aromatic carbocycles. The molecule has 4 heterocycles. The first-order chi connectivity index (χ1) is 14.9. The van der Waals surface area contributed by atoms with Crippen LogP contribution in [0.4, 0.5) is 0 Å². The number of thiophene rings is 1. The van der Waals surface area contributed by atoms with Crippen molar-refractivity contribution in [1.82, 2.24) is 9.13 Å². The molecular formula is C23H23N3O3S2. The maximum atomic E-state index is 13.5. The summed E-state index contributed by atoms with van der Waals surface area (Å²) in [6.07, 6.45) is 4.40. The summed E-state index contributed by atoms with van der Waals surface area (Å²) in [7, 11) is 1.36. The molecule has 1 aliphatic carbocycles. The van der Waals surface area contributed by atoms with Crippen molar-refractivity contribution in [2.75, 3.05) is 7.11 Å². The monoisotopic (exact) mass is 453 g/mol. The van der Waals surface area contributed by atoms with E-state index in [4.69, 9.17) is 4.74 Å². The second-order valence-corrected chi connectivity index (χ2v) is 10.0. The van der Waals surface area contributed by atoms with Crippen molar-refractivity contribution in [3.63, 3.8) is 0 Å². The van der Waals surface area contributed by atoms with Crippen LogP contribution in [0.15, 0.2) is 44.6 Å². The van der Waals surface area contributed by atoms with Crippen LogP contribution < -0.4 is 14.9 Å². The zero-order chi connectivity index (χ0) is 21.9. The Kier molecular flexibility index (Phi) is 4.86. The third kappa shape index (κ3) is 3.25. The number of aromatic nitrogens is 2. The van der Waals surface area contributed by atoms with Gasteiger partial charge in [0.05, 0.1) is 22.9 Å². The highest BCUT2D eigenvalue weighted by Gasteiger charge is 2.33. The normalized spacial score (nSPS) is 18.8. The Labute approximate surface area is 187 Å². The van der Waals surface area contributed by atoms with Crippen molar-refractivity contribution in [3.05, 3.63) is 76.4 Å². The van der Waals surface area contributed by atoms with Crippen LogP contribution >= 0.6 is 22.7 Å². The molecule has 0 spiro atoms. The molecule has 31 heavy (non-hydrogen) atoms. The Morgan fingerprint density at radius 2 is 2.03 bits per heavy atom. The Balaban J connectivity index is 1.71. The van der Waals surface area contributed by atoms with Gasteiger partial charge in [-0.05, 0) is 62.8 Å². The zero-order valence-corrected chi connectivity index (χ0v) is 19.5. The highest BCUT2D eigenvalue weighted by atomic mass is 32.1. The van der Waals surface area contributed by atoms with E-state index in [1.165, 1.54) is 54.0 Å². The third-order valence-corrected chi connectivity index (χ3v) is 7.87. The van der Waals surface area contributed by atoms with Crippen LogP contribution in [-0.4, -0.2) is 22.2 Å². The molecule has 8 heteroatoms. The Bertz CT molecular complexity index is 1400. The van der Waals surface area contributed by atoms with Gasteiger partial charge in [0.2, 0.25) is 0 Å². The molecule has 1 aliphatic heterocycles. The largest absolute Gasteiger partial charge is 0.466 e. The minimum Gasteiger partial charge on any atom is -0.466 e. The van der Waals surface area contributed by atoms with Crippen LogP contribution in [-0.2, 0) is 9.53 Å². The first-order valence-electron chi connectivity index (χ1n) is 10.2. The lowest BCUT2D eigenvalue weighted by Crippen LogP contribution is -2.39. The summed E-state index contributed by atoms with van der Waals surface area (Å²) >= 11 is 2.88. The van der Waals surface area contributed by atoms with Gasteiger partial charge in [0, 0.05) is 22.3 Å². The van der Waals surface area contributed by atoms with Gasteiger partial charge >= 0.3 is 5.97 Å². The summed E-state index contributed by atoms with van der Waals surface area (Å²) in [5.41, 5.74) is 4.34. The SMILES string of the molecule is COC(=O)C1=C(C)N=c2s/c(=C\c3cc(C)n(C4CC4)c3C)c(=O)n2[C@H]1c1cccs1. The fourth-order valence-corrected chi connectivity index (χ4v) is 6.25. The lowest BCUT2D eigenvalue weighted by molar-refractivity contribution is -0.136. The number of aryl methyl sites for hydroxylation is 1. The predicted molar refractivity (Wildman–Crippen MR) is 122 cm³/mol. The number of hydrogen-bond acceptors (Lipinski definition) is 6. The molecule has 160 valence electrons. The van der Waals surface area contributed by atoms with Crippen molar-refractivity contribution in [3.8, 4) is 0 Å². The van der Waals surface area contributed by atoms with Crippen LogP contribution in [0, 0.1) is 13.8 Å². The molecular weight excluding hydrogens is 430 g/mol. The van der Waals surface area contributed by atoms with Gasteiger partial charge in [-0.25, -0.2) is 9.79 Å². The highest BCUT2D eigenvalue weighted by molar-refractivity contribution is 7.10. The average Bonchev–Trinajstić information content (AvgIpc) is 3.20. The number of fused-ring (bicyclic) bond motifs is 1. The number of carbonyl (C=O) groups is 1. The topological polar surface area (TPSA) is 65.6 Å². The molecule has 6 nitrogen and oxygen atoms in total. The van der Waals surface area contributed by atoms with E-state index < -0.39 is 12.0 Å². The van der Waals surface area contributed by atoms with Gasteiger partial charge in [-0.2, -0.15) is 0 Å². The first kappa shape index (κ1) is 20.2. The lowest BCUT2D eigenvalue weighted by atomic mass is 10.0. The van der Waals surface area contributed by atoms with Crippen molar-refractivity contribution < 1.29 is 9.53 Å². The molecule has 2 aliphatic rings. The number of ether oxygens (including phenoxy) is 1. The zero-order valence-electron chi connectivity index (χ0n) is 17.8. The van der Waals surface area contributed by atoms with Gasteiger partial charge in [-0.1, -0.05) is 17.4 Å². The molecule has 0 unspecified atom stereocenters. The van der Waals surface area contributed by atoms with Crippen LogP contribution in [0.2, 0.25) is 0 Å². The molecule has 0 bridgehead atoms. The van der Waals surface area contributed by atoms with Crippen LogP contribution in [0.25, 0.3) is 6.08 Å². The molecule has 5 rings (SSSR count). The molecule has 1 fully saturated rings. The standard InChI is InChI=1S/C23H23N3O3S2/c1-12-10-15(14(3)25(12)16-7-8-16)11-18-21(27)26-20(17-6-5-9-30-17)19(22(28)29-4)13(2)24-23(26)31-18/h5-6,9-11,16,20H,7-8H2,1-4H3/b18-11-/t20-/m0/s1. The van der Waals surface area contributed by atoms with Crippen molar-refractivity contribution in [1.29, 1.82) is 0 Å². The summed E-state index contributed by atoms with van der Waals surface area (Å²) in [5, 5.41) is 1.95. The van der Waals surface area contributed by atoms with E-state index in [9.17, 15) is 9.59 Å². The van der Waals surface area contributed by atoms with Gasteiger partial charge in [-0.15, -0.1) is 11.3 Å². The number of carbonyl (C=O) groups excluding carboxylic acids is 1. The van der Waals surface area contributed by atoms with E-state index in [0.717, 1.165) is 10.4 Å². The summed E-state index contributed by atoms with van der Waals surface area (Å²) < 4.78 is 9.66. The summed E-state index contributed by atoms with van der Waals surface area (Å²) in [4.78, 5) is 32.3. The van der Waals surface area contributed by atoms with Crippen LogP contribution in [0.1, 0.15) is 53.7 Å². The van der Waals surface area contributed by atoms with Crippen molar-refractivity contribution in [2.24, 2.45) is 4.99 Å². The smallest absolute Gasteiger partial charge is 0.338 e. The number of nitrogens with zero attached hydrogens (tertiary/aromatic N) is 3. The van der Waals surface area contributed by atoms with E-state index >= 15 is 0 Å². The molecule has 3 aromatic heterocycles. The lowest BCUT2D eigenvalue weighted by Gasteiger charge is -2.22. The number of methoxy groups -OCH3 is 1. The van der Waals surface area contributed by atoms with E-state index in [1.54, 1.807) is 11.5 Å².